The van der Waals surface area contributed by atoms with E-state index in [1.807, 2.05) is 24.3 Å². The summed E-state index contributed by atoms with van der Waals surface area (Å²) in [5, 5.41) is 0.928. The Morgan fingerprint density at radius 2 is 2.05 bits per heavy atom. The summed E-state index contributed by atoms with van der Waals surface area (Å²) in [7, 11) is 1.67. The van der Waals surface area contributed by atoms with E-state index in [0.717, 1.165) is 48.2 Å². The lowest BCUT2D eigenvalue weighted by Crippen LogP contribution is -2.20. The zero-order valence-electron chi connectivity index (χ0n) is 12.6. The Labute approximate surface area is 129 Å². The minimum Gasteiger partial charge on any atom is -0.497 e. The molecule has 114 valence electrons. The van der Waals surface area contributed by atoms with Crippen LogP contribution in [0.4, 0.5) is 10.8 Å². The van der Waals surface area contributed by atoms with Crippen molar-refractivity contribution in [3.63, 3.8) is 0 Å². The first-order valence-corrected chi connectivity index (χ1v) is 8.00. The molecule has 1 heterocycles. The molecule has 0 unspecified atom stereocenters. The SMILES string of the molecule is CCCc1nsc(N(CCCN)c2ccc(OC)cc2)n1. The Kier molecular flexibility index (Phi) is 5.95. The van der Waals surface area contributed by atoms with E-state index in [2.05, 4.69) is 21.2 Å². The molecule has 0 saturated heterocycles. The van der Waals surface area contributed by atoms with Crippen LogP contribution in [0, 0.1) is 0 Å². The number of anilines is 2. The van der Waals surface area contributed by atoms with Gasteiger partial charge < -0.3 is 15.4 Å². The van der Waals surface area contributed by atoms with Crippen molar-refractivity contribution in [3.8, 4) is 5.75 Å². The maximum atomic E-state index is 5.65. The monoisotopic (exact) mass is 306 g/mol. The standard InChI is InChI=1S/C15H22N4OS/c1-3-5-14-17-15(21-18-14)19(11-4-10-16)12-6-8-13(20-2)9-7-12/h6-9H,3-5,10-11,16H2,1-2H3. The highest BCUT2D eigenvalue weighted by atomic mass is 32.1. The van der Waals surface area contributed by atoms with Gasteiger partial charge in [0, 0.05) is 30.2 Å². The van der Waals surface area contributed by atoms with Gasteiger partial charge in [-0.1, -0.05) is 6.92 Å². The molecule has 0 fully saturated rings. The van der Waals surface area contributed by atoms with Crippen LogP contribution in [-0.2, 0) is 6.42 Å². The third-order valence-electron chi connectivity index (χ3n) is 3.13. The molecule has 0 amide bonds. The van der Waals surface area contributed by atoms with Gasteiger partial charge in [-0.2, -0.15) is 4.37 Å². The lowest BCUT2D eigenvalue weighted by Gasteiger charge is -2.21. The molecule has 1 aromatic carbocycles. The fourth-order valence-electron chi connectivity index (χ4n) is 2.03. The molecular weight excluding hydrogens is 284 g/mol. The Bertz CT molecular complexity index is 541. The zero-order valence-corrected chi connectivity index (χ0v) is 13.4. The maximum absolute atomic E-state index is 5.65. The number of hydrogen-bond donors (Lipinski definition) is 1. The van der Waals surface area contributed by atoms with Crippen LogP contribution >= 0.6 is 11.5 Å². The molecule has 0 spiro atoms. The number of methoxy groups -OCH3 is 1. The van der Waals surface area contributed by atoms with Crippen LogP contribution in [0.3, 0.4) is 0 Å². The van der Waals surface area contributed by atoms with Crippen LogP contribution in [0.1, 0.15) is 25.6 Å². The second kappa shape index (κ2) is 7.95. The van der Waals surface area contributed by atoms with Gasteiger partial charge in [0.1, 0.15) is 11.6 Å². The maximum Gasteiger partial charge on any atom is 0.209 e. The third-order valence-corrected chi connectivity index (χ3v) is 3.91. The van der Waals surface area contributed by atoms with Crippen LogP contribution in [0.25, 0.3) is 0 Å². The summed E-state index contributed by atoms with van der Waals surface area (Å²) in [6.45, 7) is 3.63. The van der Waals surface area contributed by atoms with E-state index < -0.39 is 0 Å². The average Bonchev–Trinajstić information content (AvgIpc) is 2.97. The quantitative estimate of drug-likeness (QED) is 0.812. The second-order valence-corrected chi connectivity index (χ2v) is 5.47. The van der Waals surface area contributed by atoms with Gasteiger partial charge in [0.15, 0.2) is 0 Å². The average molecular weight is 306 g/mol. The van der Waals surface area contributed by atoms with E-state index in [1.165, 1.54) is 11.5 Å². The number of benzene rings is 1. The minimum absolute atomic E-state index is 0.660. The van der Waals surface area contributed by atoms with Crippen LogP contribution in [0.15, 0.2) is 24.3 Å². The van der Waals surface area contributed by atoms with E-state index in [-0.39, 0.29) is 0 Å². The number of nitrogens with zero attached hydrogens (tertiary/aromatic N) is 3. The fourth-order valence-corrected chi connectivity index (χ4v) is 2.79. The molecule has 6 heteroatoms. The van der Waals surface area contributed by atoms with Gasteiger partial charge in [-0.3, -0.25) is 0 Å². The highest BCUT2D eigenvalue weighted by molar-refractivity contribution is 7.09. The minimum atomic E-state index is 0.660. The van der Waals surface area contributed by atoms with Crippen LogP contribution < -0.4 is 15.4 Å². The smallest absolute Gasteiger partial charge is 0.209 e. The summed E-state index contributed by atoms with van der Waals surface area (Å²) in [5.74, 6) is 1.77. The fraction of sp³-hybridized carbons (Fsp3) is 0.467. The van der Waals surface area contributed by atoms with Crippen molar-refractivity contribution in [1.82, 2.24) is 9.36 Å². The number of rotatable bonds is 8. The van der Waals surface area contributed by atoms with Gasteiger partial charge in [0.2, 0.25) is 5.13 Å². The third kappa shape index (κ3) is 4.15. The van der Waals surface area contributed by atoms with E-state index in [1.54, 1.807) is 7.11 Å². The highest BCUT2D eigenvalue weighted by Crippen LogP contribution is 2.28. The Morgan fingerprint density at radius 1 is 1.29 bits per heavy atom. The number of ether oxygens (including phenoxy) is 1. The van der Waals surface area contributed by atoms with Gasteiger partial charge >= 0.3 is 0 Å². The number of hydrogen-bond acceptors (Lipinski definition) is 6. The lowest BCUT2D eigenvalue weighted by molar-refractivity contribution is 0.415. The summed E-state index contributed by atoms with van der Waals surface area (Å²) < 4.78 is 9.64. The van der Waals surface area contributed by atoms with Crippen LogP contribution in [0.2, 0.25) is 0 Å². The number of nitrogens with two attached hydrogens (primary N) is 1. The number of aromatic nitrogens is 2. The van der Waals surface area contributed by atoms with Crippen molar-refractivity contribution >= 4 is 22.4 Å². The topological polar surface area (TPSA) is 64.3 Å². The second-order valence-electron chi connectivity index (χ2n) is 4.74. The molecule has 0 aliphatic heterocycles. The van der Waals surface area contributed by atoms with Gasteiger partial charge in [0.25, 0.3) is 0 Å². The van der Waals surface area contributed by atoms with Crippen molar-refractivity contribution in [2.75, 3.05) is 25.1 Å². The molecule has 0 bridgehead atoms. The summed E-state index contributed by atoms with van der Waals surface area (Å²) in [6, 6.07) is 7.99. The van der Waals surface area contributed by atoms with Gasteiger partial charge in [0.05, 0.1) is 7.11 Å². The molecule has 21 heavy (non-hydrogen) atoms. The molecule has 2 rings (SSSR count). The first-order valence-electron chi connectivity index (χ1n) is 7.22. The first kappa shape index (κ1) is 15.7. The molecule has 2 N–H and O–H groups in total. The summed E-state index contributed by atoms with van der Waals surface area (Å²) in [4.78, 5) is 6.80. The zero-order chi connectivity index (χ0) is 15.1. The van der Waals surface area contributed by atoms with E-state index in [9.17, 15) is 0 Å². The van der Waals surface area contributed by atoms with Crippen molar-refractivity contribution in [3.05, 3.63) is 30.1 Å². The van der Waals surface area contributed by atoms with Gasteiger partial charge in [-0.25, -0.2) is 4.98 Å². The number of aryl methyl sites for hydroxylation is 1. The molecule has 0 radical (unpaired) electrons. The summed E-state index contributed by atoms with van der Waals surface area (Å²) in [5.41, 5.74) is 6.74. The van der Waals surface area contributed by atoms with E-state index in [0.29, 0.717) is 6.54 Å². The molecule has 2 aromatic rings. The lowest BCUT2D eigenvalue weighted by atomic mass is 10.2. The molecular formula is C15H22N4OS. The normalized spacial score (nSPS) is 10.6. The largest absolute Gasteiger partial charge is 0.497 e. The van der Waals surface area contributed by atoms with Gasteiger partial charge in [-0.15, -0.1) is 0 Å². The molecule has 0 aliphatic carbocycles. The Hall–Kier alpha value is -1.66. The van der Waals surface area contributed by atoms with Crippen molar-refractivity contribution in [1.29, 1.82) is 0 Å². The van der Waals surface area contributed by atoms with E-state index >= 15 is 0 Å². The Balaban J connectivity index is 2.22. The van der Waals surface area contributed by atoms with Crippen LogP contribution in [-0.4, -0.2) is 29.6 Å². The predicted octanol–water partition coefficient (Wildman–Crippen LogP) is 2.99. The molecule has 0 atom stereocenters. The molecule has 1 aromatic heterocycles. The summed E-state index contributed by atoms with van der Waals surface area (Å²) in [6.07, 6.45) is 2.89. The van der Waals surface area contributed by atoms with E-state index in [4.69, 9.17) is 10.5 Å². The highest BCUT2D eigenvalue weighted by Gasteiger charge is 2.14. The summed E-state index contributed by atoms with van der Waals surface area (Å²) >= 11 is 1.45. The van der Waals surface area contributed by atoms with Crippen LogP contribution in [0.5, 0.6) is 5.75 Å². The molecule has 5 nitrogen and oxygen atoms in total. The molecule has 0 aliphatic rings. The molecule has 0 saturated carbocycles. The van der Waals surface area contributed by atoms with Crippen molar-refractivity contribution < 1.29 is 4.74 Å². The van der Waals surface area contributed by atoms with Crippen molar-refractivity contribution in [2.45, 2.75) is 26.2 Å². The predicted molar refractivity (Wildman–Crippen MR) is 87.6 cm³/mol. The Morgan fingerprint density at radius 3 is 2.67 bits per heavy atom. The van der Waals surface area contributed by atoms with Gasteiger partial charge in [-0.05, 0) is 43.7 Å². The van der Waals surface area contributed by atoms with Crippen molar-refractivity contribution in [2.24, 2.45) is 5.73 Å². The first-order chi connectivity index (χ1) is 10.3.